The zero-order valence-corrected chi connectivity index (χ0v) is 18.7. The van der Waals surface area contributed by atoms with Gasteiger partial charge in [-0.1, -0.05) is 64.1 Å². The van der Waals surface area contributed by atoms with Gasteiger partial charge >= 0.3 is 0 Å². The van der Waals surface area contributed by atoms with E-state index in [1.165, 1.54) is 12.7 Å². The van der Waals surface area contributed by atoms with Gasteiger partial charge in [0.2, 0.25) is 5.78 Å². The first-order valence-electron chi connectivity index (χ1n) is 9.76. The molecule has 29 heavy (non-hydrogen) atoms. The minimum Gasteiger partial charge on any atom is -0.478 e. The number of hydrogen-bond donors (Lipinski definition) is 0. The topological polar surface area (TPSA) is 44.8 Å². The number of ketones is 1. The van der Waals surface area contributed by atoms with Crippen LogP contribution in [0, 0.1) is 0 Å². The van der Waals surface area contributed by atoms with Crippen molar-refractivity contribution in [3.63, 3.8) is 0 Å². The van der Waals surface area contributed by atoms with Crippen LogP contribution in [-0.4, -0.2) is 18.5 Å². The number of Topliss-reactive ketones (excluding diaryl/α,β-unsaturated/α-hetero) is 1. The fraction of sp³-hybridized carbons (Fsp3) is 0.375. The lowest BCUT2D eigenvalue weighted by Gasteiger charge is -2.22. The van der Waals surface area contributed by atoms with Gasteiger partial charge in [-0.2, -0.15) is 4.33 Å². The van der Waals surface area contributed by atoms with Gasteiger partial charge in [0.05, 0.1) is 24.7 Å². The third-order valence-corrected chi connectivity index (χ3v) is 5.96. The third kappa shape index (κ3) is 4.42. The molecule has 1 unspecified atom stereocenters. The van der Waals surface area contributed by atoms with Crippen molar-refractivity contribution in [2.45, 2.75) is 57.0 Å². The molecule has 2 aromatic rings. The maximum Gasteiger partial charge on any atom is 0.210 e. The molecule has 0 saturated carbocycles. The summed E-state index contributed by atoms with van der Waals surface area (Å²) in [4.78, 5) is 18.8. The highest BCUT2D eigenvalue weighted by atomic mass is 32.2. The van der Waals surface area contributed by atoms with E-state index in [4.69, 9.17) is 9.07 Å². The molecule has 0 aliphatic carbocycles. The van der Waals surface area contributed by atoms with E-state index in [0.29, 0.717) is 17.8 Å². The van der Waals surface area contributed by atoms with Gasteiger partial charge in [-0.15, -0.1) is 0 Å². The Balaban J connectivity index is 2.04. The molecule has 1 aliphatic rings. The number of carbonyl (C=O) groups excluding carboxylic acids is 1. The molecule has 0 amide bonds. The summed E-state index contributed by atoms with van der Waals surface area (Å²) < 4.78 is 11.2. The van der Waals surface area contributed by atoms with E-state index in [-0.39, 0.29) is 11.2 Å². The van der Waals surface area contributed by atoms with Crippen LogP contribution in [0.1, 0.15) is 57.7 Å². The van der Waals surface area contributed by atoms with Crippen molar-refractivity contribution in [1.82, 2.24) is 0 Å². The SMILES string of the molecule is CCC1(C)OC(c2ccc(SOOC)cc2)=C(c2ccc(C(C)(C)C)cc2)C1=O. The lowest BCUT2D eigenvalue weighted by atomic mass is 9.84. The van der Waals surface area contributed by atoms with Gasteiger partial charge < -0.3 is 4.74 Å². The molecule has 3 rings (SSSR count). The average Bonchev–Trinajstić information content (AvgIpc) is 2.98. The highest BCUT2D eigenvalue weighted by molar-refractivity contribution is 7.94. The zero-order chi connectivity index (χ0) is 21.2. The van der Waals surface area contributed by atoms with Gasteiger partial charge in [-0.25, -0.2) is 4.89 Å². The molecule has 5 heteroatoms. The molecule has 0 radical (unpaired) electrons. The highest BCUT2D eigenvalue weighted by Gasteiger charge is 2.45. The van der Waals surface area contributed by atoms with Crippen molar-refractivity contribution in [3.05, 3.63) is 65.2 Å². The summed E-state index contributed by atoms with van der Waals surface area (Å²) in [6.07, 6.45) is 0.606. The maximum absolute atomic E-state index is 13.3. The van der Waals surface area contributed by atoms with Crippen LogP contribution in [0.5, 0.6) is 0 Å². The Morgan fingerprint density at radius 2 is 1.59 bits per heavy atom. The number of benzene rings is 2. The number of hydrogen-bond acceptors (Lipinski definition) is 5. The summed E-state index contributed by atoms with van der Waals surface area (Å²) in [5.74, 6) is 0.659. The summed E-state index contributed by atoms with van der Waals surface area (Å²) >= 11 is 1.13. The van der Waals surface area contributed by atoms with E-state index >= 15 is 0 Å². The molecule has 0 spiro atoms. The first-order chi connectivity index (χ1) is 13.7. The Kier molecular flexibility index (Phi) is 6.22. The van der Waals surface area contributed by atoms with Crippen LogP contribution in [0.25, 0.3) is 11.3 Å². The standard InChI is InChI=1S/C24H28O4S/c1-7-24(5)22(25)20(16-8-12-18(13-9-16)23(2,3)4)21(27-24)17-10-14-19(15-11-17)29-28-26-6/h8-15H,7H2,1-6H3. The minimum atomic E-state index is -0.847. The first-order valence-corrected chi connectivity index (χ1v) is 10.5. The van der Waals surface area contributed by atoms with Crippen molar-refractivity contribution >= 4 is 29.2 Å². The highest BCUT2D eigenvalue weighted by Crippen LogP contribution is 2.43. The van der Waals surface area contributed by atoms with Crippen LogP contribution in [0.15, 0.2) is 53.4 Å². The summed E-state index contributed by atoms with van der Waals surface area (Å²) in [5, 5.41) is 0. The van der Waals surface area contributed by atoms with E-state index in [1.807, 2.05) is 50.2 Å². The molecule has 2 aromatic carbocycles. The molecular formula is C24H28O4S. The molecule has 0 saturated heterocycles. The Bertz CT molecular complexity index is 907. The molecule has 1 atom stereocenters. The summed E-state index contributed by atoms with van der Waals surface area (Å²) in [6.45, 7) is 10.4. The molecule has 0 aromatic heterocycles. The normalized spacial score (nSPS) is 19.6. The monoisotopic (exact) mass is 412 g/mol. The van der Waals surface area contributed by atoms with Crippen LogP contribution in [-0.2, 0) is 24.2 Å². The Hall–Kier alpha value is -2.08. The molecule has 1 aliphatic heterocycles. The van der Waals surface area contributed by atoms with Crippen molar-refractivity contribution in [1.29, 1.82) is 0 Å². The van der Waals surface area contributed by atoms with Gasteiger partial charge in [-0.3, -0.25) is 4.79 Å². The Labute approximate surface area is 177 Å². The smallest absolute Gasteiger partial charge is 0.210 e. The second kappa shape index (κ2) is 8.34. The zero-order valence-electron chi connectivity index (χ0n) is 17.9. The van der Waals surface area contributed by atoms with Crippen LogP contribution in [0.3, 0.4) is 0 Å². The third-order valence-electron chi connectivity index (χ3n) is 5.29. The van der Waals surface area contributed by atoms with Crippen LogP contribution in [0.4, 0.5) is 0 Å². The fourth-order valence-corrected chi connectivity index (χ4v) is 3.65. The maximum atomic E-state index is 13.3. The number of ether oxygens (including phenoxy) is 1. The molecular weight excluding hydrogens is 384 g/mol. The number of carbonyl (C=O) groups is 1. The van der Waals surface area contributed by atoms with E-state index < -0.39 is 5.60 Å². The lowest BCUT2D eigenvalue weighted by Crippen LogP contribution is -2.32. The summed E-state index contributed by atoms with van der Waals surface area (Å²) in [6, 6.07) is 15.9. The van der Waals surface area contributed by atoms with Gasteiger partial charge in [-0.05, 0) is 42.0 Å². The van der Waals surface area contributed by atoms with Gasteiger partial charge in [0.25, 0.3) is 0 Å². The molecule has 0 fully saturated rings. The Morgan fingerprint density at radius 1 is 1.00 bits per heavy atom. The quantitative estimate of drug-likeness (QED) is 0.321. The summed E-state index contributed by atoms with van der Waals surface area (Å²) in [5.41, 5.74) is 2.83. The van der Waals surface area contributed by atoms with Crippen molar-refractivity contribution in [2.75, 3.05) is 7.11 Å². The molecule has 154 valence electrons. The molecule has 0 N–H and O–H groups in total. The van der Waals surface area contributed by atoms with Crippen molar-refractivity contribution in [2.24, 2.45) is 0 Å². The molecule has 0 bridgehead atoms. The van der Waals surface area contributed by atoms with Crippen molar-refractivity contribution in [3.8, 4) is 0 Å². The second-order valence-electron chi connectivity index (χ2n) is 8.39. The van der Waals surface area contributed by atoms with E-state index in [9.17, 15) is 4.79 Å². The van der Waals surface area contributed by atoms with Gasteiger partial charge in [0.1, 0.15) is 5.76 Å². The summed E-state index contributed by atoms with van der Waals surface area (Å²) in [7, 11) is 1.47. The van der Waals surface area contributed by atoms with Gasteiger partial charge in [0.15, 0.2) is 5.60 Å². The predicted molar refractivity (Wildman–Crippen MR) is 117 cm³/mol. The predicted octanol–water partition coefficient (Wildman–Crippen LogP) is 6.21. The lowest BCUT2D eigenvalue weighted by molar-refractivity contribution is -0.160. The first kappa shape index (κ1) is 21.6. The minimum absolute atomic E-state index is 0.0275. The van der Waals surface area contributed by atoms with E-state index in [1.54, 1.807) is 0 Å². The van der Waals surface area contributed by atoms with Crippen LogP contribution < -0.4 is 0 Å². The van der Waals surface area contributed by atoms with E-state index in [0.717, 1.165) is 28.1 Å². The number of rotatable bonds is 6. The van der Waals surface area contributed by atoms with Crippen LogP contribution >= 0.6 is 12.0 Å². The molecule has 4 nitrogen and oxygen atoms in total. The fourth-order valence-electron chi connectivity index (χ4n) is 3.26. The second-order valence-corrected chi connectivity index (χ2v) is 9.16. The van der Waals surface area contributed by atoms with E-state index in [2.05, 4.69) is 37.8 Å². The van der Waals surface area contributed by atoms with Crippen LogP contribution in [0.2, 0.25) is 0 Å². The molecule has 1 heterocycles. The van der Waals surface area contributed by atoms with Crippen molar-refractivity contribution < 1.29 is 18.8 Å². The average molecular weight is 413 g/mol. The largest absolute Gasteiger partial charge is 0.478 e. The van der Waals surface area contributed by atoms with Gasteiger partial charge in [0, 0.05) is 10.5 Å². The Morgan fingerprint density at radius 3 is 2.10 bits per heavy atom.